The molecule has 2 aliphatic rings. The van der Waals surface area contributed by atoms with Gasteiger partial charge in [-0.3, -0.25) is 0 Å². The quantitative estimate of drug-likeness (QED) is 0.729. The van der Waals surface area contributed by atoms with Crippen molar-refractivity contribution < 1.29 is 0 Å². The van der Waals surface area contributed by atoms with E-state index in [1.54, 1.807) is 0 Å². The SMILES string of the molecule is CC(C)[C@@H]1CC[C@@H](C)C[C@H]1NC1CC1. The Bertz CT molecular complexity index is 182. The number of hydrogen-bond acceptors (Lipinski definition) is 1. The summed E-state index contributed by atoms with van der Waals surface area (Å²) in [6.07, 6.45) is 7.17. The zero-order valence-corrected chi connectivity index (χ0v) is 9.92. The Balaban J connectivity index is 1.91. The van der Waals surface area contributed by atoms with Crippen LogP contribution in [0.15, 0.2) is 0 Å². The molecule has 0 spiro atoms. The Kier molecular flexibility index (Phi) is 3.16. The Labute approximate surface area is 88.7 Å². The Hall–Kier alpha value is -0.0400. The van der Waals surface area contributed by atoms with Crippen LogP contribution < -0.4 is 5.32 Å². The molecular formula is C13H25N. The van der Waals surface area contributed by atoms with E-state index in [4.69, 9.17) is 0 Å². The number of nitrogens with one attached hydrogen (secondary N) is 1. The summed E-state index contributed by atoms with van der Waals surface area (Å²) in [5, 5.41) is 3.85. The second kappa shape index (κ2) is 4.22. The van der Waals surface area contributed by atoms with Crippen molar-refractivity contribution >= 4 is 0 Å². The molecule has 0 amide bonds. The zero-order valence-electron chi connectivity index (χ0n) is 9.92. The van der Waals surface area contributed by atoms with Crippen molar-refractivity contribution in [2.45, 2.75) is 65.0 Å². The standard InChI is InChI=1S/C13H25N/c1-9(2)12-7-4-10(3)8-13(12)14-11-5-6-11/h9-14H,4-8H2,1-3H3/t10-,12+,13-/m1/s1. The van der Waals surface area contributed by atoms with Gasteiger partial charge in [0.25, 0.3) is 0 Å². The van der Waals surface area contributed by atoms with Crippen molar-refractivity contribution in [3.8, 4) is 0 Å². The predicted molar refractivity (Wildman–Crippen MR) is 61.3 cm³/mol. The average Bonchev–Trinajstić information content (AvgIpc) is 2.87. The molecule has 0 heterocycles. The Morgan fingerprint density at radius 3 is 2.36 bits per heavy atom. The van der Waals surface area contributed by atoms with Gasteiger partial charge >= 0.3 is 0 Å². The van der Waals surface area contributed by atoms with Gasteiger partial charge in [-0.05, 0) is 43.4 Å². The molecule has 14 heavy (non-hydrogen) atoms. The molecule has 0 radical (unpaired) electrons. The van der Waals surface area contributed by atoms with Gasteiger partial charge in [0.15, 0.2) is 0 Å². The maximum Gasteiger partial charge on any atom is 0.0103 e. The lowest BCUT2D eigenvalue weighted by molar-refractivity contribution is 0.169. The molecular weight excluding hydrogens is 170 g/mol. The van der Waals surface area contributed by atoms with Gasteiger partial charge in [-0.1, -0.05) is 27.2 Å². The second-order valence-electron chi connectivity index (χ2n) is 5.87. The van der Waals surface area contributed by atoms with Crippen LogP contribution in [0.25, 0.3) is 0 Å². The van der Waals surface area contributed by atoms with Crippen LogP contribution in [0.1, 0.15) is 52.9 Å². The van der Waals surface area contributed by atoms with Gasteiger partial charge in [0, 0.05) is 12.1 Å². The second-order valence-corrected chi connectivity index (χ2v) is 5.87. The summed E-state index contributed by atoms with van der Waals surface area (Å²) in [6, 6.07) is 1.71. The third-order valence-electron chi connectivity index (χ3n) is 4.05. The third kappa shape index (κ3) is 2.50. The fourth-order valence-corrected chi connectivity index (χ4v) is 2.95. The smallest absolute Gasteiger partial charge is 0.0103 e. The summed E-state index contributed by atoms with van der Waals surface area (Å²) < 4.78 is 0. The summed E-state index contributed by atoms with van der Waals surface area (Å²) in [5.74, 6) is 2.74. The Morgan fingerprint density at radius 1 is 1.07 bits per heavy atom. The van der Waals surface area contributed by atoms with E-state index in [9.17, 15) is 0 Å². The molecule has 0 aromatic heterocycles. The monoisotopic (exact) mass is 195 g/mol. The number of rotatable bonds is 3. The molecule has 2 fully saturated rings. The molecule has 0 unspecified atom stereocenters. The topological polar surface area (TPSA) is 12.0 Å². The highest BCUT2D eigenvalue weighted by Gasteiger charge is 2.34. The zero-order chi connectivity index (χ0) is 10.1. The number of hydrogen-bond donors (Lipinski definition) is 1. The van der Waals surface area contributed by atoms with E-state index < -0.39 is 0 Å². The van der Waals surface area contributed by atoms with E-state index >= 15 is 0 Å². The fraction of sp³-hybridized carbons (Fsp3) is 1.00. The van der Waals surface area contributed by atoms with Crippen molar-refractivity contribution in [2.75, 3.05) is 0 Å². The first-order valence-electron chi connectivity index (χ1n) is 6.43. The highest BCUT2D eigenvalue weighted by Crippen LogP contribution is 2.35. The molecule has 2 saturated carbocycles. The maximum absolute atomic E-state index is 3.85. The third-order valence-corrected chi connectivity index (χ3v) is 4.05. The maximum atomic E-state index is 3.85. The molecule has 1 nitrogen and oxygen atoms in total. The van der Waals surface area contributed by atoms with Gasteiger partial charge in [0.05, 0.1) is 0 Å². The van der Waals surface area contributed by atoms with Crippen LogP contribution in [-0.4, -0.2) is 12.1 Å². The molecule has 1 N–H and O–H groups in total. The van der Waals surface area contributed by atoms with Crippen LogP contribution in [0.4, 0.5) is 0 Å². The van der Waals surface area contributed by atoms with Crippen molar-refractivity contribution in [3.05, 3.63) is 0 Å². The van der Waals surface area contributed by atoms with Crippen molar-refractivity contribution in [2.24, 2.45) is 17.8 Å². The normalized spacial score (nSPS) is 39.0. The summed E-state index contributed by atoms with van der Waals surface area (Å²) in [4.78, 5) is 0. The Morgan fingerprint density at radius 2 is 1.79 bits per heavy atom. The molecule has 0 aromatic rings. The van der Waals surface area contributed by atoms with E-state index in [2.05, 4.69) is 26.1 Å². The molecule has 0 bridgehead atoms. The van der Waals surface area contributed by atoms with Crippen molar-refractivity contribution in [3.63, 3.8) is 0 Å². The molecule has 0 aromatic carbocycles. The largest absolute Gasteiger partial charge is 0.311 e. The van der Waals surface area contributed by atoms with Crippen LogP contribution in [0.3, 0.4) is 0 Å². The first kappa shape index (κ1) is 10.5. The molecule has 3 atom stereocenters. The van der Waals surface area contributed by atoms with Crippen LogP contribution in [0, 0.1) is 17.8 Å². The molecule has 1 heteroatoms. The highest BCUT2D eigenvalue weighted by atomic mass is 15.0. The molecule has 82 valence electrons. The molecule has 2 aliphatic carbocycles. The van der Waals surface area contributed by atoms with E-state index in [-0.39, 0.29) is 0 Å². The fourth-order valence-electron chi connectivity index (χ4n) is 2.95. The summed E-state index contributed by atoms with van der Waals surface area (Å²) >= 11 is 0. The summed E-state index contributed by atoms with van der Waals surface area (Å²) in [5.41, 5.74) is 0. The van der Waals surface area contributed by atoms with Crippen LogP contribution >= 0.6 is 0 Å². The lowest BCUT2D eigenvalue weighted by atomic mass is 9.74. The van der Waals surface area contributed by atoms with Gasteiger partial charge in [-0.25, -0.2) is 0 Å². The summed E-state index contributed by atoms with van der Waals surface area (Å²) in [6.45, 7) is 7.20. The highest BCUT2D eigenvalue weighted by molar-refractivity contribution is 4.91. The van der Waals surface area contributed by atoms with Crippen LogP contribution in [0.5, 0.6) is 0 Å². The van der Waals surface area contributed by atoms with Crippen molar-refractivity contribution in [1.29, 1.82) is 0 Å². The van der Waals surface area contributed by atoms with Gasteiger partial charge in [-0.15, -0.1) is 0 Å². The van der Waals surface area contributed by atoms with Crippen LogP contribution in [0.2, 0.25) is 0 Å². The van der Waals surface area contributed by atoms with Crippen molar-refractivity contribution in [1.82, 2.24) is 5.32 Å². The van der Waals surface area contributed by atoms with Gasteiger partial charge in [0.2, 0.25) is 0 Å². The first-order valence-corrected chi connectivity index (χ1v) is 6.43. The minimum absolute atomic E-state index is 0.825. The average molecular weight is 195 g/mol. The van der Waals surface area contributed by atoms with E-state index in [0.717, 1.165) is 29.8 Å². The minimum Gasteiger partial charge on any atom is -0.311 e. The minimum atomic E-state index is 0.825. The molecule has 2 rings (SSSR count). The summed E-state index contributed by atoms with van der Waals surface area (Å²) in [7, 11) is 0. The van der Waals surface area contributed by atoms with Gasteiger partial charge in [0.1, 0.15) is 0 Å². The lowest BCUT2D eigenvalue weighted by Gasteiger charge is -2.38. The van der Waals surface area contributed by atoms with E-state index in [0.29, 0.717) is 0 Å². The van der Waals surface area contributed by atoms with Gasteiger partial charge in [-0.2, -0.15) is 0 Å². The lowest BCUT2D eigenvalue weighted by Crippen LogP contribution is -2.43. The van der Waals surface area contributed by atoms with E-state index in [1.165, 1.54) is 32.1 Å². The molecule has 0 saturated heterocycles. The van der Waals surface area contributed by atoms with Crippen LogP contribution in [-0.2, 0) is 0 Å². The van der Waals surface area contributed by atoms with Gasteiger partial charge < -0.3 is 5.32 Å². The van der Waals surface area contributed by atoms with E-state index in [1.807, 2.05) is 0 Å². The predicted octanol–water partition coefficient (Wildman–Crippen LogP) is 3.20. The molecule has 0 aliphatic heterocycles. The first-order chi connectivity index (χ1) is 6.66.